The number of pyridine rings is 1. The highest BCUT2D eigenvalue weighted by Gasteiger charge is 2.08. The number of aryl methyl sites for hydroxylation is 1. The molecule has 0 bridgehead atoms. The molecule has 5 nitrogen and oxygen atoms in total. The van der Waals surface area contributed by atoms with Gasteiger partial charge >= 0.3 is 0 Å². The van der Waals surface area contributed by atoms with Crippen molar-refractivity contribution in [3.8, 4) is 0 Å². The van der Waals surface area contributed by atoms with Gasteiger partial charge in [0.25, 0.3) is 5.91 Å². The molecule has 19 heavy (non-hydrogen) atoms. The van der Waals surface area contributed by atoms with Crippen LogP contribution in [0, 0.1) is 6.92 Å². The molecule has 1 aromatic carbocycles. The minimum Gasteiger partial charge on any atom is -0.307 e. The number of hydrogen-bond donors (Lipinski definition) is 2. The summed E-state index contributed by atoms with van der Waals surface area (Å²) in [6.45, 7) is 1.95. The Hall–Kier alpha value is -2.69. The Bertz CT molecular complexity index is 731. The maximum Gasteiger partial charge on any atom is 0.256 e. The van der Waals surface area contributed by atoms with Crippen LogP contribution in [0.1, 0.15) is 15.9 Å². The molecule has 1 amide bonds. The molecule has 0 aliphatic carbocycles. The van der Waals surface area contributed by atoms with Crippen molar-refractivity contribution in [3.63, 3.8) is 0 Å². The first-order valence-electron chi connectivity index (χ1n) is 5.89. The normalized spacial score (nSPS) is 10.6. The summed E-state index contributed by atoms with van der Waals surface area (Å²) in [5, 5.41) is 10.5. The summed E-state index contributed by atoms with van der Waals surface area (Å²) < 4.78 is 0. The van der Waals surface area contributed by atoms with E-state index >= 15 is 0 Å². The average molecular weight is 252 g/mol. The lowest BCUT2D eigenvalue weighted by molar-refractivity contribution is 0.102. The van der Waals surface area contributed by atoms with E-state index in [2.05, 4.69) is 20.5 Å². The Morgan fingerprint density at radius 2 is 2.11 bits per heavy atom. The van der Waals surface area contributed by atoms with Gasteiger partial charge in [-0.2, -0.15) is 5.10 Å². The lowest BCUT2D eigenvalue weighted by Crippen LogP contribution is -2.12. The van der Waals surface area contributed by atoms with Crippen LogP contribution in [0.2, 0.25) is 0 Å². The predicted molar refractivity (Wildman–Crippen MR) is 73.0 cm³/mol. The van der Waals surface area contributed by atoms with Crippen molar-refractivity contribution in [2.75, 3.05) is 5.32 Å². The van der Waals surface area contributed by atoms with Crippen LogP contribution in [0.4, 0.5) is 5.82 Å². The van der Waals surface area contributed by atoms with E-state index in [4.69, 9.17) is 0 Å². The molecule has 5 heteroatoms. The number of aromatic nitrogens is 3. The first-order valence-corrected chi connectivity index (χ1v) is 5.89. The molecule has 0 unspecified atom stereocenters. The fourth-order valence-electron chi connectivity index (χ4n) is 1.81. The molecule has 3 rings (SSSR count). The molecule has 2 heterocycles. The van der Waals surface area contributed by atoms with Crippen LogP contribution in [0.5, 0.6) is 0 Å². The average Bonchev–Trinajstić information content (AvgIpc) is 2.88. The van der Waals surface area contributed by atoms with Gasteiger partial charge in [0.15, 0.2) is 0 Å². The van der Waals surface area contributed by atoms with Crippen molar-refractivity contribution >= 4 is 22.6 Å². The van der Waals surface area contributed by atoms with Crippen LogP contribution in [0.3, 0.4) is 0 Å². The fraction of sp³-hybridized carbons (Fsp3) is 0.0714. The quantitative estimate of drug-likeness (QED) is 0.736. The fourth-order valence-corrected chi connectivity index (χ4v) is 1.81. The summed E-state index contributed by atoms with van der Waals surface area (Å²) in [7, 11) is 0. The second kappa shape index (κ2) is 4.53. The lowest BCUT2D eigenvalue weighted by atomic mass is 10.1. The Balaban J connectivity index is 1.84. The van der Waals surface area contributed by atoms with Gasteiger partial charge in [-0.25, -0.2) is 4.98 Å². The molecule has 2 N–H and O–H groups in total. The van der Waals surface area contributed by atoms with E-state index in [1.54, 1.807) is 30.6 Å². The van der Waals surface area contributed by atoms with Crippen molar-refractivity contribution in [1.82, 2.24) is 15.2 Å². The summed E-state index contributed by atoms with van der Waals surface area (Å²) in [4.78, 5) is 16.2. The van der Waals surface area contributed by atoms with Gasteiger partial charge in [0.1, 0.15) is 5.82 Å². The Morgan fingerprint density at radius 3 is 2.89 bits per heavy atom. The summed E-state index contributed by atoms with van der Waals surface area (Å²) in [5.74, 6) is 0.355. The maximum absolute atomic E-state index is 12.1. The summed E-state index contributed by atoms with van der Waals surface area (Å²) in [5.41, 5.74) is 2.46. The topological polar surface area (TPSA) is 70.7 Å². The summed E-state index contributed by atoms with van der Waals surface area (Å²) >= 11 is 0. The molecular formula is C14H12N4O. The lowest BCUT2D eigenvalue weighted by Gasteiger charge is -2.04. The van der Waals surface area contributed by atoms with Gasteiger partial charge in [0, 0.05) is 17.1 Å². The van der Waals surface area contributed by atoms with E-state index in [0.717, 1.165) is 16.5 Å². The number of rotatable bonds is 2. The van der Waals surface area contributed by atoms with Crippen LogP contribution in [0.25, 0.3) is 10.9 Å². The number of carbonyl (C=O) groups is 1. The zero-order valence-electron chi connectivity index (χ0n) is 10.3. The van der Waals surface area contributed by atoms with Crippen LogP contribution in [-0.4, -0.2) is 21.1 Å². The van der Waals surface area contributed by atoms with Crippen molar-refractivity contribution in [1.29, 1.82) is 0 Å². The number of H-pyrrole nitrogens is 1. The number of benzene rings is 1. The SMILES string of the molecule is Cc1ccc(NC(=O)c2ccc3cn[nH]c3c2)nc1. The molecule has 0 saturated heterocycles. The van der Waals surface area contributed by atoms with Crippen molar-refractivity contribution in [2.45, 2.75) is 6.92 Å². The molecule has 0 aliphatic heterocycles. The zero-order valence-corrected chi connectivity index (χ0v) is 10.3. The van der Waals surface area contributed by atoms with E-state index in [-0.39, 0.29) is 5.91 Å². The molecule has 0 fully saturated rings. The summed E-state index contributed by atoms with van der Waals surface area (Å²) in [6.07, 6.45) is 3.44. The number of fused-ring (bicyclic) bond motifs is 1. The third kappa shape index (κ3) is 2.30. The maximum atomic E-state index is 12.1. The highest BCUT2D eigenvalue weighted by Crippen LogP contribution is 2.14. The van der Waals surface area contributed by atoms with Gasteiger partial charge < -0.3 is 5.32 Å². The molecule has 2 aromatic heterocycles. The van der Waals surface area contributed by atoms with E-state index < -0.39 is 0 Å². The van der Waals surface area contributed by atoms with E-state index in [0.29, 0.717) is 11.4 Å². The first-order chi connectivity index (χ1) is 9.22. The van der Waals surface area contributed by atoms with Gasteiger partial charge in [-0.3, -0.25) is 9.89 Å². The van der Waals surface area contributed by atoms with Gasteiger partial charge in [0.05, 0.1) is 11.7 Å². The Kier molecular flexibility index (Phi) is 2.72. The molecular weight excluding hydrogens is 240 g/mol. The van der Waals surface area contributed by atoms with E-state index in [1.165, 1.54) is 0 Å². The number of carbonyl (C=O) groups excluding carboxylic acids is 1. The van der Waals surface area contributed by atoms with Crippen LogP contribution >= 0.6 is 0 Å². The van der Waals surface area contributed by atoms with Crippen molar-refractivity contribution in [2.24, 2.45) is 0 Å². The Labute approximate surface area is 109 Å². The molecule has 0 radical (unpaired) electrons. The van der Waals surface area contributed by atoms with E-state index in [9.17, 15) is 4.79 Å². The van der Waals surface area contributed by atoms with Gasteiger partial charge in [-0.1, -0.05) is 12.1 Å². The zero-order chi connectivity index (χ0) is 13.2. The van der Waals surface area contributed by atoms with Gasteiger partial charge in [-0.05, 0) is 30.7 Å². The van der Waals surface area contributed by atoms with Gasteiger partial charge in [-0.15, -0.1) is 0 Å². The van der Waals surface area contributed by atoms with E-state index in [1.807, 2.05) is 19.1 Å². The van der Waals surface area contributed by atoms with Crippen molar-refractivity contribution in [3.05, 3.63) is 53.9 Å². The first kappa shape index (κ1) is 11.4. The standard InChI is InChI=1S/C14H12N4O/c1-9-2-5-13(15-7-9)17-14(19)10-3-4-11-8-16-18-12(11)6-10/h2-8H,1H3,(H,16,18)(H,15,17,19). The summed E-state index contributed by atoms with van der Waals surface area (Å²) in [6, 6.07) is 9.08. The highest BCUT2D eigenvalue weighted by molar-refractivity contribution is 6.05. The van der Waals surface area contributed by atoms with Crippen LogP contribution < -0.4 is 5.32 Å². The minimum absolute atomic E-state index is 0.187. The molecule has 0 spiro atoms. The number of nitrogens with one attached hydrogen (secondary N) is 2. The number of anilines is 1. The second-order valence-electron chi connectivity index (χ2n) is 4.35. The third-order valence-electron chi connectivity index (χ3n) is 2.86. The predicted octanol–water partition coefficient (Wildman–Crippen LogP) is 2.52. The number of aromatic amines is 1. The molecule has 94 valence electrons. The molecule has 0 atom stereocenters. The third-order valence-corrected chi connectivity index (χ3v) is 2.86. The monoisotopic (exact) mass is 252 g/mol. The number of amides is 1. The molecule has 3 aromatic rings. The smallest absolute Gasteiger partial charge is 0.256 e. The minimum atomic E-state index is -0.187. The number of nitrogens with zero attached hydrogens (tertiary/aromatic N) is 2. The molecule has 0 saturated carbocycles. The largest absolute Gasteiger partial charge is 0.307 e. The number of hydrogen-bond acceptors (Lipinski definition) is 3. The van der Waals surface area contributed by atoms with Crippen LogP contribution in [0.15, 0.2) is 42.7 Å². The Morgan fingerprint density at radius 1 is 1.21 bits per heavy atom. The highest BCUT2D eigenvalue weighted by atomic mass is 16.1. The van der Waals surface area contributed by atoms with Crippen molar-refractivity contribution < 1.29 is 4.79 Å². The second-order valence-corrected chi connectivity index (χ2v) is 4.35. The van der Waals surface area contributed by atoms with Crippen LogP contribution in [-0.2, 0) is 0 Å². The van der Waals surface area contributed by atoms with Gasteiger partial charge in [0.2, 0.25) is 0 Å². The molecule has 0 aliphatic rings.